The molecule has 3 nitrogen and oxygen atoms in total. The van der Waals surface area contributed by atoms with Gasteiger partial charge in [0, 0.05) is 26.1 Å². The van der Waals surface area contributed by atoms with Crippen molar-refractivity contribution in [2.24, 2.45) is 0 Å². The standard InChI is InChI=1S/C17H26N2O/c1-2-3-6-11-18-12-9-17(20)19-13-10-15-7-4-5-8-16(15)14-19/h4-5,7-8,18H,2-3,6,9-14H2,1H3. The third-order valence-corrected chi connectivity index (χ3v) is 3.96. The lowest BCUT2D eigenvalue weighted by molar-refractivity contribution is -0.132. The van der Waals surface area contributed by atoms with Crippen molar-refractivity contribution in [2.75, 3.05) is 19.6 Å². The largest absolute Gasteiger partial charge is 0.338 e. The topological polar surface area (TPSA) is 32.3 Å². The summed E-state index contributed by atoms with van der Waals surface area (Å²) >= 11 is 0. The van der Waals surface area contributed by atoms with Crippen LogP contribution in [0.1, 0.15) is 43.7 Å². The average Bonchev–Trinajstić information content (AvgIpc) is 2.50. The highest BCUT2D eigenvalue weighted by Gasteiger charge is 2.19. The molecule has 3 heteroatoms. The maximum atomic E-state index is 12.2. The van der Waals surface area contributed by atoms with Crippen LogP contribution >= 0.6 is 0 Å². The van der Waals surface area contributed by atoms with Gasteiger partial charge in [0.2, 0.25) is 5.91 Å². The van der Waals surface area contributed by atoms with Gasteiger partial charge in [0.25, 0.3) is 0 Å². The van der Waals surface area contributed by atoms with Crippen LogP contribution in [0.3, 0.4) is 0 Å². The molecule has 1 aliphatic rings. The Morgan fingerprint density at radius 3 is 2.80 bits per heavy atom. The van der Waals surface area contributed by atoms with Crippen LogP contribution in [0.25, 0.3) is 0 Å². The molecule has 1 amide bonds. The molecule has 0 saturated heterocycles. The van der Waals surface area contributed by atoms with Gasteiger partial charge >= 0.3 is 0 Å². The monoisotopic (exact) mass is 274 g/mol. The second-order valence-corrected chi connectivity index (χ2v) is 5.54. The van der Waals surface area contributed by atoms with Crippen molar-refractivity contribution in [3.63, 3.8) is 0 Å². The first kappa shape index (κ1) is 15.0. The Morgan fingerprint density at radius 2 is 2.00 bits per heavy atom. The first-order valence-electron chi connectivity index (χ1n) is 7.86. The van der Waals surface area contributed by atoms with E-state index in [9.17, 15) is 4.79 Å². The Morgan fingerprint density at radius 1 is 1.20 bits per heavy atom. The fraction of sp³-hybridized carbons (Fsp3) is 0.588. The van der Waals surface area contributed by atoms with Crippen LogP contribution in [0.5, 0.6) is 0 Å². The second kappa shape index (κ2) is 8.05. The first-order chi connectivity index (χ1) is 9.81. The highest BCUT2D eigenvalue weighted by Crippen LogP contribution is 2.18. The zero-order valence-corrected chi connectivity index (χ0v) is 12.5. The van der Waals surface area contributed by atoms with E-state index < -0.39 is 0 Å². The number of rotatable bonds is 7. The Hall–Kier alpha value is -1.35. The Labute approximate surface area is 122 Å². The third kappa shape index (κ3) is 4.34. The lowest BCUT2D eigenvalue weighted by Gasteiger charge is -2.29. The number of unbranched alkanes of at least 4 members (excludes halogenated alkanes) is 2. The molecule has 0 bridgehead atoms. The lowest BCUT2D eigenvalue weighted by Crippen LogP contribution is -2.37. The van der Waals surface area contributed by atoms with Crippen LogP contribution < -0.4 is 5.32 Å². The molecule has 0 aliphatic carbocycles. The normalized spacial score (nSPS) is 14.2. The van der Waals surface area contributed by atoms with Gasteiger partial charge in [-0.15, -0.1) is 0 Å². The SMILES string of the molecule is CCCCCNCCC(=O)N1CCc2ccccc2C1. The molecular formula is C17H26N2O. The fourth-order valence-corrected chi connectivity index (χ4v) is 2.69. The van der Waals surface area contributed by atoms with Crippen LogP contribution in [0.4, 0.5) is 0 Å². The summed E-state index contributed by atoms with van der Waals surface area (Å²) in [5, 5.41) is 3.36. The number of amides is 1. The average molecular weight is 274 g/mol. The molecule has 0 spiro atoms. The molecule has 0 fully saturated rings. The molecule has 1 N–H and O–H groups in total. The number of carbonyl (C=O) groups is 1. The molecule has 0 atom stereocenters. The molecule has 1 heterocycles. The van der Waals surface area contributed by atoms with Gasteiger partial charge in [-0.3, -0.25) is 4.79 Å². The number of hydrogen-bond donors (Lipinski definition) is 1. The molecule has 0 aromatic heterocycles. The van der Waals surface area contributed by atoms with E-state index in [1.807, 2.05) is 4.90 Å². The first-order valence-corrected chi connectivity index (χ1v) is 7.86. The van der Waals surface area contributed by atoms with E-state index in [1.54, 1.807) is 0 Å². The molecule has 2 rings (SSSR count). The van der Waals surface area contributed by atoms with Crippen molar-refractivity contribution in [3.05, 3.63) is 35.4 Å². The van der Waals surface area contributed by atoms with E-state index >= 15 is 0 Å². The number of fused-ring (bicyclic) bond motifs is 1. The van der Waals surface area contributed by atoms with Crippen molar-refractivity contribution >= 4 is 5.91 Å². The zero-order chi connectivity index (χ0) is 14.2. The molecular weight excluding hydrogens is 248 g/mol. The zero-order valence-electron chi connectivity index (χ0n) is 12.5. The van der Waals surface area contributed by atoms with Crippen molar-refractivity contribution in [1.82, 2.24) is 10.2 Å². The van der Waals surface area contributed by atoms with Crippen molar-refractivity contribution in [2.45, 2.75) is 45.6 Å². The predicted octanol–water partition coefficient (Wildman–Crippen LogP) is 2.74. The quantitative estimate of drug-likeness (QED) is 0.775. The summed E-state index contributed by atoms with van der Waals surface area (Å²) in [6.45, 7) is 5.69. The molecule has 1 aromatic rings. The second-order valence-electron chi connectivity index (χ2n) is 5.54. The molecule has 1 aromatic carbocycles. The van der Waals surface area contributed by atoms with Crippen LogP contribution in [-0.4, -0.2) is 30.4 Å². The smallest absolute Gasteiger partial charge is 0.224 e. The minimum Gasteiger partial charge on any atom is -0.338 e. The molecule has 0 saturated carbocycles. The summed E-state index contributed by atoms with van der Waals surface area (Å²) in [4.78, 5) is 14.2. The predicted molar refractivity (Wildman–Crippen MR) is 82.6 cm³/mol. The Balaban J connectivity index is 1.69. The van der Waals surface area contributed by atoms with Gasteiger partial charge in [-0.05, 0) is 30.5 Å². The summed E-state index contributed by atoms with van der Waals surface area (Å²) in [7, 11) is 0. The summed E-state index contributed by atoms with van der Waals surface area (Å²) in [5.41, 5.74) is 2.71. The molecule has 0 unspecified atom stereocenters. The van der Waals surface area contributed by atoms with E-state index in [0.717, 1.165) is 32.6 Å². The van der Waals surface area contributed by atoms with Gasteiger partial charge in [0.05, 0.1) is 0 Å². The number of carbonyl (C=O) groups excluding carboxylic acids is 1. The van der Waals surface area contributed by atoms with Crippen LogP contribution in [0, 0.1) is 0 Å². The van der Waals surface area contributed by atoms with Crippen molar-refractivity contribution in [1.29, 1.82) is 0 Å². The van der Waals surface area contributed by atoms with E-state index in [2.05, 4.69) is 36.5 Å². The Kier molecular flexibility index (Phi) is 6.06. The summed E-state index contributed by atoms with van der Waals surface area (Å²) in [5.74, 6) is 0.280. The van der Waals surface area contributed by atoms with E-state index in [1.165, 1.54) is 30.4 Å². The number of benzene rings is 1. The van der Waals surface area contributed by atoms with Gasteiger partial charge in [-0.2, -0.15) is 0 Å². The summed E-state index contributed by atoms with van der Waals surface area (Å²) in [6.07, 6.45) is 5.33. The lowest BCUT2D eigenvalue weighted by atomic mass is 10.00. The van der Waals surface area contributed by atoms with E-state index in [4.69, 9.17) is 0 Å². The minimum absolute atomic E-state index is 0.280. The maximum Gasteiger partial charge on any atom is 0.224 e. The van der Waals surface area contributed by atoms with E-state index in [-0.39, 0.29) is 5.91 Å². The van der Waals surface area contributed by atoms with Gasteiger partial charge in [0.15, 0.2) is 0 Å². The number of nitrogens with zero attached hydrogens (tertiary/aromatic N) is 1. The van der Waals surface area contributed by atoms with E-state index in [0.29, 0.717) is 6.42 Å². The molecule has 0 radical (unpaired) electrons. The highest BCUT2D eigenvalue weighted by molar-refractivity contribution is 5.76. The van der Waals surface area contributed by atoms with Crippen LogP contribution in [0.15, 0.2) is 24.3 Å². The van der Waals surface area contributed by atoms with Crippen molar-refractivity contribution in [3.8, 4) is 0 Å². The summed E-state index contributed by atoms with van der Waals surface area (Å²) in [6, 6.07) is 8.45. The van der Waals surface area contributed by atoms with Crippen LogP contribution in [0.2, 0.25) is 0 Å². The van der Waals surface area contributed by atoms with Gasteiger partial charge in [-0.25, -0.2) is 0 Å². The molecule has 20 heavy (non-hydrogen) atoms. The van der Waals surface area contributed by atoms with Gasteiger partial charge in [-0.1, -0.05) is 44.0 Å². The van der Waals surface area contributed by atoms with Crippen molar-refractivity contribution < 1.29 is 4.79 Å². The minimum atomic E-state index is 0.280. The van der Waals surface area contributed by atoms with Gasteiger partial charge < -0.3 is 10.2 Å². The molecule has 1 aliphatic heterocycles. The maximum absolute atomic E-state index is 12.2. The number of nitrogens with one attached hydrogen (secondary N) is 1. The third-order valence-electron chi connectivity index (χ3n) is 3.96. The summed E-state index contributed by atoms with van der Waals surface area (Å²) < 4.78 is 0. The number of hydrogen-bond acceptors (Lipinski definition) is 2. The molecule has 110 valence electrons. The van der Waals surface area contributed by atoms with Gasteiger partial charge in [0.1, 0.15) is 0 Å². The van der Waals surface area contributed by atoms with Crippen LogP contribution in [-0.2, 0) is 17.8 Å². The highest BCUT2D eigenvalue weighted by atomic mass is 16.2. The Bertz CT molecular complexity index is 431. The fourth-order valence-electron chi connectivity index (χ4n) is 2.69.